The summed E-state index contributed by atoms with van der Waals surface area (Å²) in [6.07, 6.45) is 0. The van der Waals surface area contributed by atoms with E-state index in [2.05, 4.69) is 4.90 Å². The molecule has 18 heavy (non-hydrogen) atoms. The zero-order chi connectivity index (χ0) is 13.5. The summed E-state index contributed by atoms with van der Waals surface area (Å²) in [4.78, 5) is 12.4. The Balaban J connectivity index is 2.66. The average Bonchev–Trinajstić information content (AvgIpc) is 2.34. The smallest absolute Gasteiger partial charge is 0.311 e. The van der Waals surface area contributed by atoms with Gasteiger partial charge in [-0.15, -0.1) is 0 Å². The normalized spacial score (nSPS) is 10.6. The highest BCUT2D eigenvalue weighted by Crippen LogP contribution is 2.30. The van der Waals surface area contributed by atoms with Gasteiger partial charge in [-0.25, -0.2) is 0 Å². The molecule has 1 rings (SSSR count). The summed E-state index contributed by atoms with van der Waals surface area (Å²) in [5, 5.41) is 20.1. The molecule has 1 aromatic carbocycles. The van der Waals surface area contributed by atoms with Gasteiger partial charge >= 0.3 is 5.69 Å². The van der Waals surface area contributed by atoms with E-state index in [0.29, 0.717) is 13.2 Å². The Morgan fingerprint density at radius 3 is 2.61 bits per heavy atom. The molecule has 1 aromatic rings. The fraction of sp³-hybridized carbons (Fsp3) is 0.500. The first-order valence-corrected chi connectivity index (χ1v) is 5.91. The molecular formula is C12H18N2O4. The lowest BCUT2D eigenvalue weighted by atomic mass is 10.3. The van der Waals surface area contributed by atoms with Gasteiger partial charge in [0, 0.05) is 18.7 Å². The number of ether oxygens (including phenoxy) is 1. The summed E-state index contributed by atoms with van der Waals surface area (Å²) >= 11 is 0. The van der Waals surface area contributed by atoms with E-state index >= 15 is 0 Å². The molecule has 0 amide bonds. The van der Waals surface area contributed by atoms with E-state index in [9.17, 15) is 15.2 Å². The predicted octanol–water partition coefficient (Wildman–Crippen LogP) is 2.02. The highest BCUT2D eigenvalue weighted by Gasteiger charge is 2.15. The van der Waals surface area contributed by atoms with Crippen LogP contribution in [-0.4, -0.2) is 41.2 Å². The summed E-state index contributed by atoms with van der Waals surface area (Å²) in [6.45, 7) is 6.94. The molecule has 0 aromatic heterocycles. The van der Waals surface area contributed by atoms with Gasteiger partial charge in [0.15, 0.2) is 0 Å². The molecule has 0 spiro atoms. The fourth-order valence-electron chi connectivity index (χ4n) is 1.59. The van der Waals surface area contributed by atoms with Crippen molar-refractivity contribution >= 4 is 5.69 Å². The Kier molecular flexibility index (Phi) is 5.38. The summed E-state index contributed by atoms with van der Waals surface area (Å²) in [5.74, 6) is 0.0607. The van der Waals surface area contributed by atoms with Crippen molar-refractivity contribution in [2.45, 2.75) is 13.8 Å². The summed E-state index contributed by atoms with van der Waals surface area (Å²) < 4.78 is 5.37. The molecular weight excluding hydrogens is 236 g/mol. The number of rotatable bonds is 7. The number of nitro groups is 1. The van der Waals surface area contributed by atoms with Gasteiger partial charge in [-0.1, -0.05) is 13.8 Å². The number of benzene rings is 1. The van der Waals surface area contributed by atoms with Crippen LogP contribution in [0.15, 0.2) is 18.2 Å². The third kappa shape index (κ3) is 3.89. The maximum atomic E-state index is 10.8. The number of hydrogen-bond donors (Lipinski definition) is 1. The average molecular weight is 254 g/mol. The van der Waals surface area contributed by atoms with Crippen LogP contribution in [0, 0.1) is 10.1 Å². The maximum Gasteiger partial charge on any atom is 0.311 e. The third-order valence-corrected chi connectivity index (χ3v) is 2.70. The van der Waals surface area contributed by atoms with Gasteiger partial charge in [-0.3, -0.25) is 10.1 Å². The minimum atomic E-state index is -0.522. The summed E-state index contributed by atoms with van der Waals surface area (Å²) in [7, 11) is 0. The molecule has 0 unspecified atom stereocenters. The first-order valence-electron chi connectivity index (χ1n) is 5.91. The number of aromatic hydroxyl groups is 1. The van der Waals surface area contributed by atoms with Crippen LogP contribution < -0.4 is 4.74 Å². The monoisotopic (exact) mass is 254 g/mol. The lowest BCUT2D eigenvalue weighted by Gasteiger charge is -2.17. The minimum Gasteiger partial charge on any atom is -0.508 e. The van der Waals surface area contributed by atoms with Crippen LogP contribution in [-0.2, 0) is 0 Å². The lowest BCUT2D eigenvalue weighted by molar-refractivity contribution is -0.385. The first-order chi connectivity index (χ1) is 8.58. The number of nitro benzene ring substituents is 1. The molecule has 100 valence electrons. The van der Waals surface area contributed by atoms with Gasteiger partial charge in [0.05, 0.1) is 4.92 Å². The Bertz CT molecular complexity index is 405. The largest absolute Gasteiger partial charge is 0.508 e. The highest BCUT2D eigenvalue weighted by atomic mass is 16.6. The summed E-state index contributed by atoms with van der Waals surface area (Å²) in [6, 6.07) is 3.78. The number of phenols is 1. The van der Waals surface area contributed by atoms with Crippen molar-refractivity contribution in [1.82, 2.24) is 4.90 Å². The van der Waals surface area contributed by atoms with Crippen LogP contribution >= 0.6 is 0 Å². The Hall–Kier alpha value is -1.82. The fourth-order valence-corrected chi connectivity index (χ4v) is 1.59. The van der Waals surface area contributed by atoms with Crippen molar-refractivity contribution in [2.24, 2.45) is 0 Å². The van der Waals surface area contributed by atoms with Gasteiger partial charge in [-0.05, 0) is 19.2 Å². The molecule has 0 aliphatic heterocycles. The van der Waals surface area contributed by atoms with Gasteiger partial charge in [-0.2, -0.15) is 0 Å². The van der Waals surface area contributed by atoms with Crippen molar-refractivity contribution < 1.29 is 14.8 Å². The zero-order valence-corrected chi connectivity index (χ0v) is 10.6. The van der Waals surface area contributed by atoms with Crippen LogP contribution in [0.4, 0.5) is 5.69 Å². The SMILES string of the molecule is CCN(CC)CCOc1cc(O)ccc1[N+](=O)[O-]. The second-order valence-electron chi connectivity index (χ2n) is 3.78. The Labute approximate surface area is 106 Å². The molecule has 0 bridgehead atoms. The molecule has 6 nitrogen and oxygen atoms in total. The van der Waals surface area contributed by atoms with Crippen molar-refractivity contribution in [1.29, 1.82) is 0 Å². The molecule has 0 saturated heterocycles. The third-order valence-electron chi connectivity index (χ3n) is 2.70. The number of phenolic OH excluding ortho intramolecular Hbond substituents is 1. The Morgan fingerprint density at radius 1 is 1.39 bits per heavy atom. The minimum absolute atomic E-state index is 0.0431. The predicted molar refractivity (Wildman–Crippen MR) is 68.0 cm³/mol. The standard InChI is InChI=1S/C12H18N2O4/c1-3-13(4-2)7-8-18-12-9-10(15)5-6-11(12)14(16)17/h5-6,9,15H,3-4,7-8H2,1-2H3. The molecule has 0 aliphatic carbocycles. The van der Waals surface area contributed by atoms with Crippen LogP contribution in [0.3, 0.4) is 0 Å². The molecule has 0 atom stereocenters. The first kappa shape index (κ1) is 14.2. The summed E-state index contributed by atoms with van der Waals surface area (Å²) in [5.41, 5.74) is -0.132. The van der Waals surface area contributed by atoms with E-state index in [1.807, 2.05) is 13.8 Å². The number of likely N-dealkylation sites (N-methyl/N-ethyl adjacent to an activating group) is 1. The number of hydrogen-bond acceptors (Lipinski definition) is 5. The van der Waals surface area contributed by atoms with Gasteiger partial charge < -0.3 is 14.7 Å². The van der Waals surface area contributed by atoms with Crippen molar-refractivity contribution in [3.05, 3.63) is 28.3 Å². The molecule has 1 N–H and O–H groups in total. The van der Waals surface area contributed by atoms with Crippen LogP contribution in [0.1, 0.15) is 13.8 Å². The van der Waals surface area contributed by atoms with E-state index in [1.165, 1.54) is 18.2 Å². The molecule has 0 aliphatic rings. The van der Waals surface area contributed by atoms with Crippen molar-refractivity contribution in [3.8, 4) is 11.5 Å². The second kappa shape index (κ2) is 6.80. The van der Waals surface area contributed by atoms with Gasteiger partial charge in [0.25, 0.3) is 0 Å². The van der Waals surface area contributed by atoms with Crippen LogP contribution in [0.2, 0.25) is 0 Å². The topological polar surface area (TPSA) is 75.8 Å². The highest BCUT2D eigenvalue weighted by molar-refractivity contribution is 5.50. The van der Waals surface area contributed by atoms with Crippen LogP contribution in [0.5, 0.6) is 11.5 Å². The maximum absolute atomic E-state index is 10.8. The molecule has 0 heterocycles. The van der Waals surface area contributed by atoms with Gasteiger partial charge in [0.1, 0.15) is 12.4 Å². The second-order valence-corrected chi connectivity index (χ2v) is 3.78. The quantitative estimate of drug-likeness (QED) is 0.595. The molecule has 0 saturated carbocycles. The van der Waals surface area contributed by atoms with E-state index in [1.54, 1.807) is 0 Å². The Morgan fingerprint density at radius 2 is 2.06 bits per heavy atom. The van der Waals surface area contributed by atoms with E-state index < -0.39 is 4.92 Å². The molecule has 0 fully saturated rings. The van der Waals surface area contributed by atoms with Gasteiger partial charge in [0.2, 0.25) is 5.75 Å². The lowest BCUT2D eigenvalue weighted by Crippen LogP contribution is -2.28. The van der Waals surface area contributed by atoms with Crippen LogP contribution in [0.25, 0.3) is 0 Å². The molecule has 6 heteroatoms. The zero-order valence-electron chi connectivity index (χ0n) is 10.6. The van der Waals surface area contributed by atoms with E-state index in [0.717, 1.165) is 13.1 Å². The van der Waals surface area contributed by atoms with Crippen molar-refractivity contribution in [2.75, 3.05) is 26.2 Å². The van der Waals surface area contributed by atoms with E-state index in [-0.39, 0.29) is 17.2 Å². The van der Waals surface area contributed by atoms with E-state index in [4.69, 9.17) is 4.74 Å². The molecule has 0 radical (unpaired) electrons. The number of nitrogens with zero attached hydrogens (tertiary/aromatic N) is 2. The van der Waals surface area contributed by atoms with Crippen molar-refractivity contribution in [3.63, 3.8) is 0 Å².